The number of hydrogen-bond acceptors (Lipinski definition) is 4. The molecule has 148 valence electrons. The Morgan fingerprint density at radius 3 is 2.55 bits per heavy atom. The lowest BCUT2D eigenvalue weighted by molar-refractivity contribution is -0.129. The molecule has 1 fully saturated rings. The normalized spacial score (nSPS) is 13.4. The highest BCUT2D eigenvalue weighted by atomic mass is 16.2. The average Bonchev–Trinajstić information content (AvgIpc) is 3.45. The first kappa shape index (κ1) is 18.9. The molecule has 2 amide bonds. The zero-order chi connectivity index (χ0) is 20.1. The molecule has 3 heterocycles. The Morgan fingerprint density at radius 2 is 1.83 bits per heavy atom. The largest absolute Gasteiger partial charge is 0.351 e. The second kappa shape index (κ2) is 8.68. The Hall–Kier alpha value is -3.48. The van der Waals surface area contributed by atoms with Gasteiger partial charge in [0.2, 0.25) is 5.91 Å². The fraction of sp³-hybridized carbons (Fsp3) is 0.273. The minimum Gasteiger partial charge on any atom is -0.351 e. The molecule has 1 aliphatic rings. The van der Waals surface area contributed by atoms with E-state index in [9.17, 15) is 9.59 Å². The molecule has 1 aliphatic heterocycles. The third kappa shape index (κ3) is 4.34. The third-order valence-electron chi connectivity index (χ3n) is 5.00. The molecule has 0 atom stereocenters. The van der Waals surface area contributed by atoms with Crippen LogP contribution in [0.4, 0.5) is 0 Å². The van der Waals surface area contributed by atoms with Gasteiger partial charge in [-0.3, -0.25) is 14.6 Å². The van der Waals surface area contributed by atoms with E-state index in [-0.39, 0.29) is 11.8 Å². The van der Waals surface area contributed by atoms with Gasteiger partial charge in [0, 0.05) is 50.2 Å². The highest BCUT2D eigenvalue weighted by Gasteiger charge is 2.20. The Bertz CT molecular complexity index is 979. The number of nitrogens with zero attached hydrogens (tertiary/aromatic N) is 4. The fourth-order valence-corrected chi connectivity index (χ4v) is 3.47. The van der Waals surface area contributed by atoms with Gasteiger partial charge >= 0.3 is 0 Å². The first-order valence-corrected chi connectivity index (χ1v) is 9.84. The van der Waals surface area contributed by atoms with Crippen LogP contribution in [0.3, 0.4) is 0 Å². The van der Waals surface area contributed by atoms with E-state index >= 15 is 0 Å². The number of rotatable bonds is 6. The molecule has 7 heteroatoms. The second-order valence-corrected chi connectivity index (χ2v) is 7.01. The molecule has 1 N–H and O–H groups in total. The van der Waals surface area contributed by atoms with Gasteiger partial charge in [0.25, 0.3) is 5.91 Å². The minimum absolute atomic E-state index is 0.0928. The Kier molecular flexibility index (Phi) is 5.65. The van der Waals surface area contributed by atoms with Crippen molar-refractivity contribution in [1.82, 2.24) is 25.0 Å². The van der Waals surface area contributed by atoms with Gasteiger partial charge in [0.1, 0.15) is 5.69 Å². The number of pyridine rings is 1. The lowest BCUT2D eigenvalue weighted by Gasteiger charge is -2.15. The predicted octanol–water partition coefficient (Wildman–Crippen LogP) is 2.68. The van der Waals surface area contributed by atoms with E-state index in [0.717, 1.165) is 37.2 Å². The van der Waals surface area contributed by atoms with Gasteiger partial charge in [0.15, 0.2) is 0 Å². The van der Waals surface area contributed by atoms with Crippen LogP contribution >= 0.6 is 0 Å². The van der Waals surface area contributed by atoms with Crippen LogP contribution in [-0.2, 0) is 4.79 Å². The highest BCUT2D eigenvalue weighted by Crippen LogP contribution is 2.23. The Labute approximate surface area is 169 Å². The molecule has 0 aliphatic carbocycles. The summed E-state index contributed by atoms with van der Waals surface area (Å²) in [7, 11) is 0. The summed E-state index contributed by atoms with van der Waals surface area (Å²) < 4.78 is 1.69. The monoisotopic (exact) mass is 389 g/mol. The van der Waals surface area contributed by atoms with Crippen LogP contribution < -0.4 is 5.32 Å². The molecule has 1 saturated heterocycles. The number of para-hydroxylation sites is 1. The van der Waals surface area contributed by atoms with Crippen LogP contribution in [0, 0.1) is 0 Å². The third-order valence-corrected chi connectivity index (χ3v) is 5.00. The summed E-state index contributed by atoms with van der Waals surface area (Å²) in [6.07, 6.45) is 7.51. The molecule has 29 heavy (non-hydrogen) atoms. The van der Waals surface area contributed by atoms with Crippen LogP contribution in [0.2, 0.25) is 0 Å². The molecule has 3 aromatic rings. The molecular formula is C22H23N5O2. The first-order valence-electron chi connectivity index (χ1n) is 9.84. The van der Waals surface area contributed by atoms with E-state index in [4.69, 9.17) is 0 Å². The van der Waals surface area contributed by atoms with Gasteiger partial charge in [-0.25, -0.2) is 4.68 Å². The SMILES string of the molecule is O=C(NCCC(=O)N1CCCC1)c1cn(-c2ccccc2)nc1-c1cccnc1. The van der Waals surface area contributed by atoms with E-state index in [1.807, 2.05) is 47.4 Å². The van der Waals surface area contributed by atoms with Crippen molar-refractivity contribution in [1.29, 1.82) is 0 Å². The number of benzene rings is 1. The molecule has 4 rings (SSSR count). The minimum atomic E-state index is -0.250. The summed E-state index contributed by atoms with van der Waals surface area (Å²) in [5.41, 5.74) is 2.64. The first-order chi connectivity index (χ1) is 14.2. The maximum absolute atomic E-state index is 12.9. The zero-order valence-corrected chi connectivity index (χ0v) is 16.1. The topological polar surface area (TPSA) is 80.1 Å². The van der Waals surface area contributed by atoms with Crippen LogP contribution in [0.5, 0.6) is 0 Å². The fourth-order valence-electron chi connectivity index (χ4n) is 3.47. The molecule has 7 nitrogen and oxygen atoms in total. The van der Waals surface area contributed by atoms with E-state index in [2.05, 4.69) is 15.4 Å². The lowest BCUT2D eigenvalue weighted by atomic mass is 10.1. The van der Waals surface area contributed by atoms with Gasteiger partial charge in [-0.2, -0.15) is 5.10 Å². The van der Waals surface area contributed by atoms with Crippen molar-refractivity contribution in [3.8, 4) is 16.9 Å². The van der Waals surface area contributed by atoms with Crippen molar-refractivity contribution in [2.24, 2.45) is 0 Å². The van der Waals surface area contributed by atoms with E-state index in [0.29, 0.717) is 24.2 Å². The lowest BCUT2D eigenvalue weighted by Crippen LogP contribution is -2.32. The van der Waals surface area contributed by atoms with Crippen molar-refractivity contribution in [3.05, 3.63) is 66.6 Å². The number of nitrogens with one attached hydrogen (secondary N) is 1. The van der Waals surface area contributed by atoms with Crippen molar-refractivity contribution < 1.29 is 9.59 Å². The molecule has 0 spiro atoms. The number of hydrogen-bond donors (Lipinski definition) is 1. The highest BCUT2D eigenvalue weighted by molar-refractivity contribution is 6.00. The van der Waals surface area contributed by atoms with Crippen LogP contribution in [0.25, 0.3) is 16.9 Å². The molecule has 0 unspecified atom stereocenters. The summed E-state index contributed by atoms with van der Waals surface area (Å²) in [6.45, 7) is 1.95. The standard InChI is InChI=1S/C22H23N5O2/c28-20(26-13-4-5-14-26)10-12-24-22(29)19-16-27(18-8-2-1-3-9-18)25-21(19)17-7-6-11-23-15-17/h1-3,6-9,11,15-16H,4-5,10,12-14H2,(H,24,29). The maximum atomic E-state index is 12.9. The van der Waals surface area contributed by atoms with E-state index < -0.39 is 0 Å². The van der Waals surface area contributed by atoms with Gasteiger partial charge in [0.05, 0.1) is 11.3 Å². The molecule has 2 aromatic heterocycles. The predicted molar refractivity (Wildman–Crippen MR) is 110 cm³/mol. The van der Waals surface area contributed by atoms with Crippen LogP contribution in [0.1, 0.15) is 29.6 Å². The van der Waals surface area contributed by atoms with Crippen molar-refractivity contribution in [2.75, 3.05) is 19.6 Å². The number of likely N-dealkylation sites (tertiary alicyclic amines) is 1. The molecule has 1 aromatic carbocycles. The quantitative estimate of drug-likeness (QED) is 0.703. The number of carbonyl (C=O) groups excluding carboxylic acids is 2. The second-order valence-electron chi connectivity index (χ2n) is 7.01. The van der Waals surface area contributed by atoms with Gasteiger partial charge in [-0.05, 0) is 37.1 Å². The summed E-state index contributed by atoms with van der Waals surface area (Å²) in [5.74, 6) is -0.157. The Morgan fingerprint density at radius 1 is 1.03 bits per heavy atom. The summed E-state index contributed by atoms with van der Waals surface area (Å²) in [5, 5.41) is 7.49. The van der Waals surface area contributed by atoms with Gasteiger partial charge in [-0.15, -0.1) is 0 Å². The number of amides is 2. The van der Waals surface area contributed by atoms with Gasteiger partial charge in [-0.1, -0.05) is 18.2 Å². The van der Waals surface area contributed by atoms with E-state index in [1.54, 1.807) is 23.3 Å². The van der Waals surface area contributed by atoms with E-state index in [1.165, 1.54) is 0 Å². The molecule has 0 radical (unpaired) electrons. The average molecular weight is 389 g/mol. The van der Waals surface area contributed by atoms with Crippen molar-refractivity contribution in [2.45, 2.75) is 19.3 Å². The molecule has 0 saturated carbocycles. The molecular weight excluding hydrogens is 366 g/mol. The maximum Gasteiger partial charge on any atom is 0.255 e. The van der Waals surface area contributed by atoms with Crippen LogP contribution in [-0.4, -0.2) is 51.1 Å². The summed E-state index contributed by atoms with van der Waals surface area (Å²) >= 11 is 0. The molecule has 0 bridgehead atoms. The summed E-state index contributed by atoms with van der Waals surface area (Å²) in [6, 6.07) is 13.3. The zero-order valence-electron chi connectivity index (χ0n) is 16.1. The van der Waals surface area contributed by atoms with Crippen LogP contribution in [0.15, 0.2) is 61.1 Å². The van der Waals surface area contributed by atoms with Crippen molar-refractivity contribution in [3.63, 3.8) is 0 Å². The number of carbonyl (C=O) groups is 2. The smallest absolute Gasteiger partial charge is 0.255 e. The van der Waals surface area contributed by atoms with Gasteiger partial charge < -0.3 is 10.2 Å². The Balaban J connectivity index is 1.52. The van der Waals surface area contributed by atoms with Crippen molar-refractivity contribution >= 4 is 11.8 Å². The number of aromatic nitrogens is 3. The summed E-state index contributed by atoms with van der Waals surface area (Å²) in [4.78, 5) is 31.1.